The summed E-state index contributed by atoms with van der Waals surface area (Å²) in [6.45, 7) is 6.31. The molecule has 0 aliphatic carbocycles. The lowest BCUT2D eigenvalue weighted by Crippen LogP contribution is -2.08. The maximum atomic E-state index is 4.56. The monoisotopic (exact) mass is 283 g/mol. The van der Waals surface area contributed by atoms with E-state index in [0.29, 0.717) is 5.92 Å². The van der Waals surface area contributed by atoms with Crippen LogP contribution in [0.4, 0.5) is 11.6 Å². The van der Waals surface area contributed by atoms with Gasteiger partial charge in [-0.25, -0.2) is 4.98 Å². The SMILES string of the molecule is CCCNc1cccc(NCCC(C)c2ccccc2)n1. The highest BCUT2D eigenvalue weighted by molar-refractivity contribution is 5.45. The fourth-order valence-electron chi connectivity index (χ4n) is 2.25. The summed E-state index contributed by atoms with van der Waals surface area (Å²) in [5.74, 6) is 2.44. The van der Waals surface area contributed by atoms with Gasteiger partial charge in [-0.1, -0.05) is 50.2 Å². The molecule has 2 N–H and O–H groups in total. The minimum Gasteiger partial charge on any atom is -0.370 e. The van der Waals surface area contributed by atoms with Crippen molar-refractivity contribution in [3.8, 4) is 0 Å². The molecule has 21 heavy (non-hydrogen) atoms. The normalized spacial score (nSPS) is 11.9. The van der Waals surface area contributed by atoms with E-state index in [-0.39, 0.29) is 0 Å². The Bertz CT molecular complexity index is 525. The lowest BCUT2D eigenvalue weighted by molar-refractivity contribution is 0.705. The topological polar surface area (TPSA) is 37.0 Å². The van der Waals surface area contributed by atoms with E-state index in [0.717, 1.165) is 37.6 Å². The summed E-state index contributed by atoms with van der Waals surface area (Å²) in [5.41, 5.74) is 1.39. The smallest absolute Gasteiger partial charge is 0.128 e. The van der Waals surface area contributed by atoms with E-state index in [9.17, 15) is 0 Å². The van der Waals surface area contributed by atoms with E-state index < -0.39 is 0 Å². The number of rotatable bonds is 8. The predicted molar refractivity (Wildman–Crippen MR) is 91.0 cm³/mol. The van der Waals surface area contributed by atoms with Crippen LogP contribution in [-0.4, -0.2) is 18.1 Å². The first kappa shape index (κ1) is 15.4. The van der Waals surface area contributed by atoms with E-state index in [1.807, 2.05) is 18.2 Å². The lowest BCUT2D eigenvalue weighted by Gasteiger charge is -2.13. The Hall–Kier alpha value is -2.03. The second-order valence-corrected chi connectivity index (χ2v) is 5.36. The maximum Gasteiger partial charge on any atom is 0.128 e. The molecule has 0 amide bonds. The zero-order chi connectivity index (χ0) is 14.9. The number of benzene rings is 1. The van der Waals surface area contributed by atoms with Crippen molar-refractivity contribution < 1.29 is 0 Å². The van der Waals surface area contributed by atoms with Crippen molar-refractivity contribution in [2.45, 2.75) is 32.6 Å². The molecule has 2 aromatic rings. The molecule has 1 aromatic carbocycles. The van der Waals surface area contributed by atoms with Gasteiger partial charge in [0.1, 0.15) is 11.6 Å². The van der Waals surface area contributed by atoms with Gasteiger partial charge >= 0.3 is 0 Å². The van der Waals surface area contributed by atoms with E-state index in [1.54, 1.807) is 0 Å². The first-order valence-electron chi connectivity index (χ1n) is 7.79. The molecule has 1 unspecified atom stereocenters. The van der Waals surface area contributed by atoms with Crippen molar-refractivity contribution >= 4 is 11.6 Å². The highest BCUT2D eigenvalue weighted by atomic mass is 15.1. The van der Waals surface area contributed by atoms with E-state index >= 15 is 0 Å². The van der Waals surface area contributed by atoms with E-state index in [1.165, 1.54) is 5.56 Å². The van der Waals surface area contributed by atoms with Crippen molar-refractivity contribution in [2.24, 2.45) is 0 Å². The van der Waals surface area contributed by atoms with Crippen LogP contribution < -0.4 is 10.6 Å². The molecule has 0 aliphatic heterocycles. The fraction of sp³-hybridized carbons (Fsp3) is 0.389. The molecule has 112 valence electrons. The first-order chi connectivity index (χ1) is 10.3. The van der Waals surface area contributed by atoms with Crippen LogP contribution in [0.25, 0.3) is 0 Å². The summed E-state index contributed by atoms with van der Waals surface area (Å²) in [5, 5.41) is 6.72. The highest BCUT2D eigenvalue weighted by Crippen LogP contribution is 2.18. The summed E-state index contributed by atoms with van der Waals surface area (Å²) in [6.07, 6.45) is 2.20. The average Bonchev–Trinajstić information content (AvgIpc) is 2.54. The number of hydrogen-bond donors (Lipinski definition) is 2. The third kappa shape index (κ3) is 5.10. The standard InChI is InChI=1S/C18H25N3/c1-3-13-19-17-10-7-11-18(21-17)20-14-12-15(2)16-8-5-4-6-9-16/h4-11,15H,3,12-14H2,1-2H3,(H2,19,20,21). The fourth-order valence-corrected chi connectivity index (χ4v) is 2.25. The van der Waals surface area contributed by atoms with Crippen LogP contribution in [-0.2, 0) is 0 Å². The number of aromatic nitrogens is 1. The molecule has 0 radical (unpaired) electrons. The van der Waals surface area contributed by atoms with Crippen LogP contribution in [0.1, 0.15) is 38.2 Å². The summed E-state index contributed by atoms with van der Waals surface area (Å²) in [4.78, 5) is 4.56. The summed E-state index contributed by atoms with van der Waals surface area (Å²) in [6, 6.07) is 16.7. The van der Waals surface area contributed by atoms with E-state index in [2.05, 4.69) is 59.8 Å². The van der Waals surface area contributed by atoms with Gasteiger partial charge in [0.2, 0.25) is 0 Å². The molecule has 0 saturated heterocycles. The van der Waals surface area contributed by atoms with Gasteiger partial charge in [0.15, 0.2) is 0 Å². The Morgan fingerprint density at radius 2 is 1.57 bits per heavy atom. The predicted octanol–water partition coefficient (Wildman–Crippen LogP) is 4.51. The van der Waals surface area contributed by atoms with Gasteiger partial charge in [0.25, 0.3) is 0 Å². The van der Waals surface area contributed by atoms with Gasteiger partial charge in [-0.3, -0.25) is 0 Å². The zero-order valence-electron chi connectivity index (χ0n) is 13.0. The van der Waals surface area contributed by atoms with Crippen molar-refractivity contribution in [1.29, 1.82) is 0 Å². The number of nitrogens with one attached hydrogen (secondary N) is 2. The molecule has 0 fully saturated rings. The lowest BCUT2D eigenvalue weighted by atomic mass is 9.98. The molecule has 1 heterocycles. The number of anilines is 2. The molecule has 0 spiro atoms. The Morgan fingerprint density at radius 1 is 0.905 bits per heavy atom. The molecule has 1 aromatic heterocycles. The maximum absolute atomic E-state index is 4.56. The van der Waals surface area contributed by atoms with Gasteiger partial charge in [0, 0.05) is 13.1 Å². The molecule has 3 nitrogen and oxygen atoms in total. The van der Waals surface area contributed by atoms with Crippen molar-refractivity contribution in [3.63, 3.8) is 0 Å². The Kier molecular flexibility index (Phi) is 6.07. The van der Waals surface area contributed by atoms with Crippen LogP contribution in [0, 0.1) is 0 Å². The number of hydrogen-bond acceptors (Lipinski definition) is 3. The van der Waals surface area contributed by atoms with Crippen molar-refractivity contribution in [1.82, 2.24) is 4.98 Å². The van der Waals surface area contributed by atoms with Gasteiger partial charge < -0.3 is 10.6 Å². The second-order valence-electron chi connectivity index (χ2n) is 5.36. The van der Waals surface area contributed by atoms with Crippen molar-refractivity contribution in [2.75, 3.05) is 23.7 Å². The van der Waals surface area contributed by atoms with Crippen LogP contribution in [0.5, 0.6) is 0 Å². The first-order valence-corrected chi connectivity index (χ1v) is 7.79. The molecule has 3 heteroatoms. The third-order valence-electron chi connectivity index (χ3n) is 3.56. The van der Waals surface area contributed by atoms with Gasteiger partial charge in [0.05, 0.1) is 0 Å². The largest absolute Gasteiger partial charge is 0.370 e. The number of pyridine rings is 1. The molecular weight excluding hydrogens is 258 g/mol. The molecule has 0 saturated carbocycles. The quantitative estimate of drug-likeness (QED) is 0.748. The minimum atomic E-state index is 0.556. The zero-order valence-corrected chi connectivity index (χ0v) is 13.0. The third-order valence-corrected chi connectivity index (χ3v) is 3.56. The molecular formula is C18H25N3. The molecule has 0 bridgehead atoms. The van der Waals surface area contributed by atoms with Crippen LogP contribution in [0.15, 0.2) is 48.5 Å². The van der Waals surface area contributed by atoms with Crippen LogP contribution in [0.2, 0.25) is 0 Å². The second kappa shape index (κ2) is 8.30. The van der Waals surface area contributed by atoms with Crippen LogP contribution >= 0.6 is 0 Å². The Labute approximate surface area is 127 Å². The summed E-state index contributed by atoms with van der Waals surface area (Å²) < 4.78 is 0. The van der Waals surface area contributed by atoms with E-state index in [4.69, 9.17) is 0 Å². The molecule has 2 rings (SSSR count). The Morgan fingerprint density at radius 3 is 2.24 bits per heavy atom. The van der Waals surface area contributed by atoms with Gasteiger partial charge in [-0.05, 0) is 36.5 Å². The average molecular weight is 283 g/mol. The van der Waals surface area contributed by atoms with Gasteiger partial charge in [-0.2, -0.15) is 0 Å². The minimum absolute atomic E-state index is 0.556. The van der Waals surface area contributed by atoms with Gasteiger partial charge in [-0.15, -0.1) is 0 Å². The number of nitrogens with zero attached hydrogens (tertiary/aromatic N) is 1. The summed E-state index contributed by atoms with van der Waals surface area (Å²) in [7, 11) is 0. The Balaban J connectivity index is 1.80. The van der Waals surface area contributed by atoms with Crippen molar-refractivity contribution in [3.05, 3.63) is 54.1 Å². The molecule has 0 aliphatic rings. The molecule has 1 atom stereocenters. The summed E-state index contributed by atoms with van der Waals surface area (Å²) >= 11 is 0. The highest BCUT2D eigenvalue weighted by Gasteiger charge is 2.04. The van der Waals surface area contributed by atoms with Crippen LogP contribution in [0.3, 0.4) is 0 Å².